The van der Waals surface area contributed by atoms with Crippen LogP contribution in [0.3, 0.4) is 0 Å². The van der Waals surface area contributed by atoms with Crippen molar-refractivity contribution in [1.82, 2.24) is 10.2 Å². The second-order valence-electron chi connectivity index (χ2n) is 4.91. The third-order valence-corrected chi connectivity index (χ3v) is 3.35. The number of nitrogens with two attached hydrogens (primary N) is 1. The predicted molar refractivity (Wildman–Crippen MR) is 66.2 cm³/mol. The molecule has 0 radical (unpaired) electrons. The summed E-state index contributed by atoms with van der Waals surface area (Å²) in [6.45, 7) is 6.90. The van der Waals surface area contributed by atoms with Crippen molar-refractivity contribution < 1.29 is 9.59 Å². The highest BCUT2D eigenvalue weighted by Gasteiger charge is 2.26. The second-order valence-corrected chi connectivity index (χ2v) is 4.91. The topological polar surface area (TPSA) is 75.4 Å². The third kappa shape index (κ3) is 3.70. The van der Waals surface area contributed by atoms with Crippen LogP contribution in [0.2, 0.25) is 0 Å². The monoisotopic (exact) mass is 241 g/mol. The number of carbonyl (C=O) groups is 2. The Morgan fingerprint density at radius 2 is 1.71 bits per heavy atom. The molecule has 1 saturated heterocycles. The van der Waals surface area contributed by atoms with E-state index in [1.54, 1.807) is 20.8 Å². The van der Waals surface area contributed by atoms with Gasteiger partial charge in [0.25, 0.3) is 0 Å². The quantitative estimate of drug-likeness (QED) is 0.733. The van der Waals surface area contributed by atoms with Crippen LogP contribution in [-0.2, 0) is 9.59 Å². The Labute approximate surface area is 103 Å². The van der Waals surface area contributed by atoms with E-state index in [-0.39, 0.29) is 23.8 Å². The Bertz CT molecular complexity index is 285. The summed E-state index contributed by atoms with van der Waals surface area (Å²) in [7, 11) is 0. The maximum Gasteiger partial charge on any atom is 0.244 e. The zero-order valence-corrected chi connectivity index (χ0v) is 10.9. The van der Waals surface area contributed by atoms with E-state index in [0.29, 0.717) is 0 Å². The summed E-state index contributed by atoms with van der Waals surface area (Å²) >= 11 is 0. The minimum atomic E-state index is -0.457. The molecule has 1 rings (SSSR count). The van der Waals surface area contributed by atoms with Gasteiger partial charge in [-0.25, -0.2) is 0 Å². The molecule has 0 saturated carbocycles. The average Bonchev–Trinajstić information content (AvgIpc) is 2.79. The lowest BCUT2D eigenvalue weighted by atomic mass is 10.0. The maximum absolute atomic E-state index is 12.0. The molecule has 1 aliphatic rings. The third-order valence-electron chi connectivity index (χ3n) is 3.35. The molecule has 3 N–H and O–H groups in total. The van der Waals surface area contributed by atoms with Gasteiger partial charge in [0.15, 0.2) is 0 Å². The van der Waals surface area contributed by atoms with Crippen LogP contribution in [-0.4, -0.2) is 41.9 Å². The molecule has 1 fully saturated rings. The Morgan fingerprint density at radius 3 is 2.18 bits per heavy atom. The second kappa shape index (κ2) is 6.00. The molecule has 0 spiro atoms. The van der Waals surface area contributed by atoms with Crippen molar-refractivity contribution in [2.75, 3.05) is 13.1 Å². The van der Waals surface area contributed by atoms with Gasteiger partial charge in [0.1, 0.15) is 6.04 Å². The summed E-state index contributed by atoms with van der Waals surface area (Å²) in [6.07, 6.45) is 2.12. The fraction of sp³-hybridized carbons (Fsp3) is 0.833. The van der Waals surface area contributed by atoms with Crippen LogP contribution < -0.4 is 11.1 Å². The van der Waals surface area contributed by atoms with E-state index in [9.17, 15) is 9.59 Å². The van der Waals surface area contributed by atoms with Crippen molar-refractivity contribution in [2.45, 2.75) is 45.7 Å². The molecule has 0 aromatic rings. The highest BCUT2D eigenvalue weighted by Crippen LogP contribution is 2.09. The zero-order valence-electron chi connectivity index (χ0n) is 10.9. The first-order valence-corrected chi connectivity index (χ1v) is 6.28. The number of hydrogen-bond donors (Lipinski definition) is 2. The Kier molecular flexibility index (Phi) is 4.93. The molecule has 0 aliphatic carbocycles. The number of amides is 2. The van der Waals surface area contributed by atoms with E-state index in [0.717, 1.165) is 25.9 Å². The van der Waals surface area contributed by atoms with E-state index in [1.807, 2.05) is 4.90 Å². The highest BCUT2D eigenvalue weighted by atomic mass is 16.2. The van der Waals surface area contributed by atoms with E-state index in [1.165, 1.54) is 0 Å². The number of carbonyl (C=O) groups excluding carboxylic acids is 2. The normalized spacial score (nSPS) is 20.8. The van der Waals surface area contributed by atoms with E-state index in [4.69, 9.17) is 5.73 Å². The Hall–Kier alpha value is -1.10. The molecule has 5 nitrogen and oxygen atoms in total. The molecule has 5 heteroatoms. The molecule has 0 aromatic heterocycles. The fourth-order valence-electron chi connectivity index (χ4n) is 1.86. The molecule has 3 atom stereocenters. The van der Waals surface area contributed by atoms with E-state index >= 15 is 0 Å². The number of hydrogen-bond acceptors (Lipinski definition) is 3. The summed E-state index contributed by atoms with van der Waals surface area (Å²) in [4.78, 5) is 25.5. The van der Waals surface area contributed by atoms with E-state index in [2.05, 4.69) is 5.32 Å². The van der Waals surface area contributed by atoms with Crippen molar-refractivity contribution >= 4 is 11.8 Å². The fourth-order valence-corrected chi connectivity index (χ4v) is 1.86. The lowest BCUT2D eigenvalue weighted by molar-refractivity contribution is -0.136. The summed E-state index contributed by atoms with van der Waals surface area (Å²) < 4.78 is 0. The molecule has 2 amide bonds. The Morgan fingerprint density at radius 1 is 1.18 bits per heavy atom. The summed E-state index contributed by atoms with van der Waals surface area (Å²) in [6, 6.07) is -0.661. The Balaban J connectivity index is 2.45. The summed E-state index contributed by atoms with van der Waals surface area (Å²) in [5.74, 6) is -0.420. The van der Waals surface area contributed by atoms with Gasteiger partial charge in [0.2, 0.25) is 11.8 Å². The van der Waals surface area contributed by atoms with Gasteiger partial charge < -0.3 is 16.0 Å². The molecule has 1 aliphatic heterocycles. The van der Waals surface area contributed by atoms with Crippen molar-refractivity contribution in [3.63, 3.8) is 0 Å². The largest absolute Gasteiger partial charge is 0.344 e. The molecule has 0 bridgehead atoms. The highest BCUT2D eigenvalue weighted by molar-refractivity contribution is 5.88. The maximum atomic E-state index is 12.0. The van der Waals surface area contributed by atoms with Crippen molar-refractivity contribution in [1.29, 1.82) is 0 Å². The standard InChI is InChI=1S/C12H23N3O2/c1-8(9(2)13)11(16)14-10(3)12(17)15-6-4-5-7-15/h8-10H,4-7,13H2,1-3H3,(H,14,16). The van der Waals surface area contributed by atoms with Gasteiger partial charge in [-0.05, 0) is 26.7 Å². The van der Waals surface area contributed by atoms with Crippen LogP contribution in [0, 0.1) is 5.92 Å². The SMILES string of the molecule is CC(NC(=O)C(C)C(C)N)C(=O)N1CCCC1. The van der Waals surface area contributed by atoms with Crippen molar-refractivity contribution in [3.05, 3.63) is 0 Å². The van der Waals surface area contributed by atoms with Gasteiger partial charge in [-0.15, -0.1) is 0 Å². The van der Waals surface area contributed by atoms with Gasteiger partial charge in [-0.2, -0.15) is 0 Å². The van der Waals surface area contributed by atoms with Gasteiger partial charge >= 0.3 is 0 Å². The van der Waals surface area contributed by atoms with Crippen LogP contribution in [0.15, 0.2) is 0 Å². The number of rotatable bonds is 4. The van der Waals surface area contributed by atoms with Crippen molar-refractivity contribution in [3.8, 4) is 0 Å². The minimum absolute atomic E-state index is 0.00715. The lowest BCUT2D eigenvalue weighted by Gasteiger charge is -2.23. The smallest absolute Gasteiger partial charge is 0.244 e. The average molecular weight is 241 g/mol. The summed E-state index contributed by atoms with van der Waals surface area (Å²) in [5.41, 5.74) is 5.65. The summed E-state index contributed by atoms with van der Waals surface area (Å²) in [5, 5.41) is 2.73. The van der Waals surface area contributed by atoms with Crippen LogP contribution in [0.4, 0.5) is 0 Å². The first-order chi connectivity index (χ1) is 7.93. The van der Waals surface area contributed by atoms with Gasteiger partial charge in [0, 0.05) is 25.0 Å². The number of nitrogens with one attached hydrogen (secondary N) is 1. The number of nitrogens with zero attached hydrogens (tertiary/aromatic N) is 1. The predicted octanol–water partition coefficient (Wildman–Crippen LogP) is 0.0968. The first-order valence-electron chi connectivity index (χ1n) is 6.28. The minimum Gasteiger partial charge on any atom is -0.344 e. The van der Waals surface area contributed by atoms with Crippen LogP contribution in [0.25, 0.3) is 0 Å². The zero-order chi connectivity index (χ0) is 13.0. The molecule has 98 valence electrons. The molecular weight excluding hydrogens is 218 g/mol. The van der Waals surface area contributed by atoms with Gasteiger partial charge in [-0.1, -0.05) is 6.92 Å². The number of likely N-dealkylation sites (tertiary alicyclic amines) is 1. The lowest BCUT2D eigenvalue weighted by Crippen LogP contribution is -2.49. The molecule has 0 aromatic carbocycles. The van der Waals surface area contributed by atoms with Gasteiger partial charge in [-0.3, -0.25) is 9.59 Å². The van der Waals surface area contributed by atoms with Gasteiger partial charge in [0.05, 0.1) is 0 Å². The van der Waals surface area contributed by atoms with Crippen molar-refractivity contribution in [2.24, 2.45) is 11.7 Å². The molecule has 17 heavy (non-hydrogen) atoms. The van der Waals surface area contributed by atoms with Crippen LogP contribution in [0.5, 0.6) is 0 Å². The van der Waals surface area contributed by atoms with E-state index < -0.39 is 6.04 Å². The first kappa shape index (κ1) is 14.0. The molecular formula is C12H23N3O2. The molecule has 3 unspecified atom stereocenters. The van der Waals surface area contributed by atoms with Crippen LogP contribution >= 0.6 is 0 Å². The van der Waals surface area contributed by atoms with Crippen LogP contribution in [0.1, 0.15) is 33.6 Å². The molecule has 1 heterocycles.